The molecule has 0 radical (unpaired) electrons. The molecule has 6 heteroatoms. The van der Waals surface area contributed by atoms with Crippen molar-refractivity contribution < 1.29 is 12.8 Å². The summed E-state index contributed by atoms with van der Waals surface area (Å²) >= 11 is 0. The lowest BCUT2D eigenvalue weighted by Crippen LogP contribution is -2.25. The van der Waals surface area contributed by atoms with Crippen LogP contribution in [0.4, 0.5) is 10.1 Å². The summed E-state index contributed by atoms with van der Waals surface area (Å²) in [6.07, 6.45) is 4.91. The highest BCUT2D eigenvalue weighted by atomic mass is 32.2. The highest BCUT2D eigenvalue weighted by molar-refractivity contribution is 7.89. The van der Waals surface area contributed by atoms with Crippen LogP contribution in [0.15, 0.2) is 17.0 Å². The van der Waals surface area contributed by atoms with E-state index in [1.54, 1.807) is 6.92 Å². The number of nitrogens with one attached hydrogen (secondary N) is 1. The molecule has 16 heavy (non-hydrogen) atoms. The third-order valence-corrected chi connectivity index (χ3v) is 3.39. The minimum atomic E-state index is -3.94. The molecule has 0 aliphatic carbocycles. The van der Waals surface area contributed by atoms with Gasteiger partial charge >= 0.3 is 0 Å². The van der Waals surface area contributed by atoms with Gasteiger partial charge in [0.15, 0.2) is 0 Å². The second-order valence-corrected chi connectivity index (χ2v) is 4.90. The first kappa shape index (κ1) is 12.5. The zero-order valence-corrected chi connectivity index (χ0v) is 9.44. The Morgan fingerprint density at radius 1 is 1.56 bits per heavy atom. The maximum absolute atomic E-state index is 13.4. The molecule has 0 unspecified atom stereocenters. The lowest BCUT2D eigenvalue weighted by molar-refractivity contribution is 0.560. The molecule has 3 N–H and O–H groups in total. The van der Waals surface area contributed by atoms with Crippen LogP contribution >= 0.6 is 0 Å². The summed E-state index contributed by atoms with van der Waals surface area (Å²) in [4.78, 5) is -0.495. The van der Waals surface area contributed by atoms with E-state index in [1.807, 2.05) is 0 Å². The zero-order chi connectivity index (χ0) is 12.3. The minimum absolute atomic E-state index is 0.199. The molecule has 4 nitrogen and oxygen atoms in total. The van der Waals surface area contributed by atoms with Gasteiger partial charge in [-0.2, -0.15) is 4.72 Å². The largest absolute Gasteiger partial charge is 0.398 e. The van der Waals surface area contributed by atoms with Gasteiger partial charge in [-0.3, -0.25) is 0 Å². The maximum atomic E-state index is 13.4. The van der Waals surface area contributed by atoms with Gasteiger partial charge in [-0.05, 0) is 24.6 Å². The van der Waals surface area contributed by atoms with Crippen LogP contribution < -0.4 is 10.5 Å². The van der Waals surface area contributed by atoms with Crippen molar-refractivity contribution in [3.63, 3.8) is 0 Å². The first-order valence-corrected chi connectivity index (χ1v) is 5.85. The Morgan fingerprint density at radius 2 is 2.19 bits per heavy atom. The summed E-state index contributed by atoms with van der Waals surface area (Å²) < 4.78 is 38.6. The van der Waals surface area contributed by atoms with E-state index in [1.165, 1.54) is 0 Å². The zero-order valence-electron chi connectivity index (χ0n) is 8.62. The number of rotatable bonds is 3. The van der Waals surface area contributed by atoms with Crippen molar-refractivity contribution in [3.05, 3.63) is 23.5 Å². The van der Waals surface area contributed by atoms with Crippen LogP contribution in [0.1, 0.15) is 5.56 Å². The average Bonchev–Trinajstić information content (AvgIpc) is 2.20. The number of benzene rings is 1. The molecule has 0 aliphatic rings. The fourth-order valence-electron chi connectivity index (χ4n) is 1.09. The summed E-state index contributed by atoms with van der Waals surface area (Å²) in [7, 11) is -3.94. The molecule has 0 saturated carbocycles. The molecule has 0 bridgehead atoms. The number of halogens is 1. The van der Waals surface area contributed by atoms with Crippen LogP contribution in [-0.2, 0) is 10.0 Å². The van der Waals surface area contributed by atoms with Crippen molar-refractivity contribution in [2.24, 2.45) is 0 Å². The van der Waals surface area contributed by atoms with Crippen molar-refractivity contribution in [1.29, 1.82) is 0 Å². The number of hydrogen-bond donors (Lipinski definition) is 2. The first-order valence-electron chi connectivity index (χ1n) is 4.37. The molecule has 0 fully saturated rings. The molecular weight excluding hydrogens is 231 g/mol. The molecule has 0 saturated heterocycles. The molecule has 1 aromatic carbocycles. The number of nitrogen functional groups attached to an aromatic ring is 1. The van der Waals surface area contributed by atoms with E-state index in [2.05, 4.69) is 10.6 Å². The van der Waals surface area contributed by atoms with Gasteiger partial charge in [-0.1, -0.05) is 5.92 Å². The van der Waals surface area contributed by atoms with Gasteiger partial charge < -0.3 is 5.73 Å². The molecule has 86 valence electrons. The molecular formula is C10H11FN2O2S. The van der Waals surface area contributed by atoms with E-state index in [-0.39, 0.29) is 12.2 Å². The smallest absolute Gasteiger partial charge is 0.244 e. The van der Waals surface area contributed by atoms with Gasteiger partial charge in [-0.25, -0.2) is 12.8 Å². The monoisotopic (exact) mass is 242 g/mol. The van der Waals surface area contributed by atoms with Gasteiger partial charge in [0, 0.05) is 5.69 Å². The lowest BCUT2D eigenvalue weighted by atomic mass is 10.2. The van der Waals surface area contributed by atoms with E-state index in [9.17, 15) is 12.8 Å². The molecule has 1 aromatic rings. The molecule has 1 rings (SSSR count). The van der Waals surface area contributed by atoms with Crippen LogP contribution in [0.5, 0.6) is 0 Å². The standard InChI is InChI=1S/C10H11FN2O2S/c1-3-4-13-16(14,15)10-6-9(12)7(2)5-8(10)11/h1,5-6,13H,4,12H2,2H3. The number of terminal acetylenes is 1. The minimum Gasteiger partial charge on any atom is -0.398 e. The first-order chi connectivity index (χ1) is 7.38. The Kier molecular flexibility index (Phi) is 3.52. The third-order valence-electron chi connectivity index (χ3n) is 1.97. The van der Waals surface area contributed by atoms with Crippen LogP contribution in [0, 0.1) is 25.1 Å². The Labute approximate surface area is 93.7 Å². The molecule has 0 aromatic heterocycles. The topological polar surface area (TPSA) is 72.2 Å². The summed E-state index contributed by atoms with van der Waals surface area (Å²) in [5.74, 6) is 1.24. The number of hydrogen-bond acceptors (Lipinski definition) is 3. The van der Waals surface area contributed by atoms with Gasteiger partial charge in [0.1, 0.15) is 10.7 Å². The highest BCUT2D eigenvalue weighted by Crippen LogP contribution is 2.20. The van der Waals surface area contributed by atoms with Gasteiger partial charge in [0.25, 0.3) is 0 Å². The molecule has 0 atom stereocenters. The van der Waals surface area contributed by atoms with Crippen molar-refractivity contribution in [2.45, 2.75) is 11.8 Å². The maximum Gasteiger partial charge on any atom is 0.244 e. The summed E-state index contributed by atoms with van der Waals surface area (Å²) in [5, 5.41) is 0. The summed E-state index contributed by atoms with van der Waals surface area (Å²) in [5.41, 5.74) is 6.21. The predicted octanol–water partition coefficient (Wildman–Crippen LogP) is 0.628. The molecule has 0 spiro atoms. The van der Waals surface area contributed by atoms with E-state index in [0.717, 1.165) is 12.1 Å². The Morgan fingerprint density at radius 3 is 2.75 bits per heavy atom. The SMILES string of the molecule is C#CCNS(=O)(=O)c1cc(N)c(C)cc1F. The Bertz CT molecular complexity index is 547. The van der Waals surface area contributed by atoms with Crippen LogP contribution in [0.3, 0.4) is 0 Å². The Hall–Kier alpha value is -1.58. The second kappa shape index (κ2) is 4.51. The van der Waals surface area contributed by atoms with E-state index in [0.29, 0.717) is 5.56 Å². The van der Waals surface area contributed by atoms with Crippen molar-refractivity contribution in [1.82, 2.24) is 4.72 Å². The van der Waals surface area contributed by atoms with Crippen molar-refractivity contribution >= 4 is 15.7 Å². The summed E-state index contributed by atoms with van der Waals surface area (Å²) in [6, 6.07) is 2.14. The van der Waals surface area contributed by atoms with Crippen LogP contribution in [-0.4, -0.2) is 15.0 Å². The molecule has 0 heterocycles. The normalized spacial score (nSPS) is 11.1. The van der Waals surface area contributed by atoms with Crippen LogP contribution in [0.2, 0.25) is 0 Å². The predicted molar refractivity (Wildman–Crippen MR) is 59.6 cm³/mol. The summed E-state index contributed by atoms with van der Waals surface area (Å²) in [6.45, 7) is 1.39. The third kappa shape index (κ3) is 2.51. The number of nitrogens with two attached hydrogens (primary N) is 1. The van der Waals surface area contributed by atoms with E-state index in [4.69, 9.17) is 12.2 Å². The van der Waals surface area contributed by atoms with Gasteiger partial charge in [0.05, 0.1) is 6.54 Å². The average molecular weight is 242 g/mol. The molecule has 0 amide bonds. The number of anilines is 1. The van der Waals surface area contributed by atoms with E-state index < -0.39 is 20.7 Å². The highest BCUT2D eigenvalue weighted by Gasteiger charge is 2.19. The van der Waals surface area contributed by atoms with E-state index >= 15 is 0 Å². The van der Waals surface area contributed by atoms with Crippen molar-refractivity contribution in [2.75, 3.05) is 12.3 Å². The lowest BCUT2D eigenvalue weighted by Gasteiger charge is -2.08. The second-order valence-electron chi connectivity index (χ2n) is 3.17. The van der Waals surface area contributed by atoms with Gasteiger partial charge in [0.2, 0.25) is 10.0 Å². The number of aryl methyl sites for hydroxylation is 1. The fraction of sp³-hybridized carbons (Fsp3) is 0.200. The number of sulfonamides is 1. The Balaban J connectivity index is 3.24. The molecule has 0 aliphatic heterocycles. The van der Waals surface area contributed by atoms with Crippen LogP contribution in [0.25, 0.3) is 0 Å². The fourth-order valence-corrected chi connectivity index (χ4v) is 2.12. The van der Waals surface area contributed by atoms with Crippen molar-refractivity contribution in [3.8, 4) is 12.3 Å². The quantitative estimate of drug-likeness (QED) is 0.603. The van der Waals surface area contributed by atoms with Gasteiger partial charge in [-0.15, -0.1) is 6.42 Å².